The topological polar surface area (TPSA) is 131 Å². The molecule has 0 saturated heterocycles. The van der Waals surface area contributed by atoms with E-state index in [0.717, 1.165) is 22.5 Å². The van der Waals surface area contributed by atoms with E-state index in [-0.39, 0.29) is 17.6 Å². The number of nitrogens with zero attached hydrogens (tertiary/aromatic N) is 8. The number of carbonyl (C=O) groups excluding carboxylic acids is 1. The number of hydrogen-bond acceptors (Lipinski definition) is 8. The number of amides is 1. The lowest BCUT2D eigenvalue weighted by Crippen LogP contribution is -2.41. The monoisotopic (exact) mass is 427 g/mol. The Kier molecular flexibility index (Phi) is 4.06. The van der Waals surface area contributed by atoms with Gasteiger partial charge in [0.25, 0.3) is 5.89 Å². The highest BCUT2D eigenvalue weighted by atomic mass is 16.4. The zero-order valence-electron chi connectivity index (χ0n) is 17.0. The van der Waals surface area contributed by atoms with Crippen molar-refractivity contribution in [2.75, 3.05) is 6.54 Å². The van der Waals surface area contributed by atoms with E-state index < -0.39 is 11.9 Å². The molecule has 5 aromatic heterocycles. The van der Waals surface area contributed by atoms with Crippen LogP contribution in [-0.2, 0) is 6.42 Å². The highest BCUT2D eigenvalue weighted by Crippen LogP contribution is 2.34. The van der Waals surface area contributed by atoms with Crippen LogP contribution < -0.4 is 0 Å². The van der Waals surface area contributed by atoms with Crippen LogP contribution in [0, 0.1) is 6.92 Å². The number of imidazole rings is 1. The smallest absolute Gasteiger partial charge is 0.312 e. The molecule has 1 aliphatic heterocycles. The Hall–Kier alpha value is -4.41. The second-order valence-electron chi connectivity index (χ2n) is 7.49. The molecule has 5 aromatic rings. The zero-order chi connectivity index (χ0) is 21.7. The Morgan fingerprint density at radius 1 is 1.19 bits per heavy atom. The van der Waals surface area contributed by atoms with Gasteiger partial charge >= 0.3 is 11.8 Å². The fourth-order valence-corrected chi connectivity index (χ4v) is 4.04. The third-order valence-corrected chi connectivity index (χ3v) is 5.56. The number of rotatable bonds is 3. The number of H-pyrrole nitrogens is 1. The van der Waals surface area contributed by atoms with Crippen molar-refractivity contribution in [3.8, 4) is 11.7 Å². The number of aromatic nitrogens is 8. The van der Waals surface area contributed by atoms with Crippen LogP contribution in [0.1, 0.15) is 39.4 Å². The SMILES string of the molecule is Cc1cccn2nc(C3c4nc[nH]c4CCN3C(=O)c3nnc(-c4ncccn4)o3)cc12. The van der Waals surface area contributed by atoms with Crippen LogP contribution in [0.15, 0.2) is 53.6 Å². The number of aromatic amines is 1. The van der Waals surface area contributed by atoms with Crippen molar-refractivity contribution in [1.29, 1.82) is 0 Å². The number of aryl methyl sites for hydroxylation is 1. The minimum atomic E-state index is -0.486. The number of hydrogen-bond donors (Lipinski definition) is 1. The normalized spacial score (nSPS) is 15.8. The Morgan fingerprint density at radius 2 is 2.06 bits per heavy atom. The molecule has 0 saturated carbocycles. The molecule has 0 radical (unpaired) electrons. The van der Waals surface area contributed by atoms with Crippen LogP contribution >= 0.6 is 0 Å². The van der Waals surface area contributed by atoms with Crippen molar-refractivity contribution in [3.63, 3.8) is 0 Å². The van der Waals surface area contributed by atoms with Gasteiger partial charge in [-0.25, -0.2) is 19.5 Å². The molecule has 1 amide bonds. The first-order valence-electron chi connectivity index (χ1n) is 10.1. The third kappa shape index (κ3) is 2.86. The maximum absolute atomic E-state index is 13.5. The molecule has 11 heteroatoms. The molecule has 0 aromatic carbocycles. The van der Waals surface area contributed by atoms with Gasteiger partial charge in [0, 0.05) is 37.3 Å². The van der Waals surface area contributed by atoms with E-state index in [1.54, 1.807) is 29.7 Å². The first kappa shape index (κ1) is 18.4. The summed E-state index contributed by atoms with van der Waals surface area (Å²) in [6.45, 7) is 2.47. The van der Waals surface area contributed by atoms with Gasteiger partial charge in [-0.1, -0.05) is 6.07 Å². The van der Waals surface area contributed by atoms with Gasteiger partial charge < -0.3 is 14.3 Å². The van der Waals surface area contributed by atoms with Crippen molar-refractivity contribution < 1.29 is 9.21 Å². The van der Waals surface area contributed by atoms with Crippen LogP contribution in [0.3, 0.4) is 0 Å². The number of pyridine rings is 1. The van der Waals surface area contributed by atoms with E-state index in [1.165, 1.54) is 0 Å². The molecule has 0 aliphatic carbocycles. The Bertz CT molecular complexity index is 1440. The second kappa shape index (κ2) is 7.08. The lowest BCUT2D eigenvalue weighted by molar-refractivity contribution is 0.0646. The molecule has 0 fully saturated rings. The van der Waals surface area contributed by atoms with E-state index in [9.17, 15) is 4.79 Å². The van der Waals surface area contributed by atoms with Crippen molar-refractivity contribution in [1.82, 2.24) is 44.6 Å². The Morgan fingerprint density at radius 3 is 2.91 bits per heavy atom. The van der Waals surface area contributed by atoms with Crippen LogP contribution in [-0.4, -0.2) is 57.1 Å². The molecule has 0 spiro atoms. The van der Waals surface area contributed by atoms with E-state index >= 15 is 0 Å². The van der Waals surface area contributed by atoms with Gasteiger partial charge in [-0.15, -0.1) is 10.2 Å². The summed E-state index contributed by atoms with van der Waals surface area (Å²) in [6, 6.07) is 7.15. The Labute approximate surface area is 181 Å². The zero-order valence-corrected chi connectivity index (χ0v) is 17.0. The van der Waals surface area contributed by atoms with Crippen LogP contribution in [0.25, 0.3) is 17.2 Å². The van der Waals surface area contributed by atoms with Gasteiger partial charge in [0.2, 0.25) is 5.82 Å². The lowest BCUT2D eigenvalue weighted by atomic mass is 9.99. The van der Waals surface area contributed by atoms with Gasteiger partial charge in [0.15, 0.2) is 0 Å². The minimum absolute atomic E-state index is 0.0892. The average molecular weight is 427 g/mol. The summed E-state index contributed by atoms with van der Waals surface area (Å²) in [6.07, 6.45) is 7.30. The standard InChI is InChI=1S/C21H17N9O2/c1-12-4-2-8-30-15(12)10-14(28-30)17-16-13(24-11-25-16)5-9-29(17)21(31)20-27-26-19(32-20)18-22-6-3-7-23-18/h2-4,6-8,10-11,17H,5,9H2,1H3,(H,24,25). The molecule has 0 bridgehead atoms. The molecular weight excluding hydrogens is 410 g/mol. The van der Waals surface area contributed by atoms with Crippen molar-refractivity contribution in [2.45, 2.75) is 19.4 Å². The second-order valence-corrected chi connectivity index (χ2v) is 7.49. The molecule has 158 valence electrons. The third-order valence-electron chi connectivity index (χ3n) is 5.56. The molecule has 1 N–H and O–H groups in total. The number of nitrogens with one attached hydrogen (secondary N) is 1. The van der Waals surface area contributed by atoms with E-state index in [2.05, 4.69) is 30.1 Å². The fourth-order valence-electron chi connectivity index (χ4n) is 4.04. The highest BCUT2D eigenvalue weighted by molar-refractivity contribution is 5.90. The quantitative estimate of drug-likeness (QED) is 0.462. The van der Waals surface area contributed by atoms with Crippen LogP contribution in [0.4, 0.5) is 0 Å². The summed E-state index contributed by atoms with van der Waals surface area (Å²) < 4.78 is 7.44. The summed E-state index contributed by atoms with van der Waals surface area (Å²) in [5, 5.41) is 12.6. The van der Waals surface area contributed by atoms with Crippen LogP contribution in [0.5, 0.6) is 0 Å². The van der Waals surface area contributed by atoms with Crippen LogP contribution in [0.2, 0.25) is 0 Å². The van der Waals surface area contributed by atoms with Crippen molar-refractivity contribution >= 4 is 11.4 Å². The average Bonchev–Trinajstić information content (AvgIpc) is 3.58. The molecule has 1 atom stereocenters. The summed E-state index contributed by atoms with van der Waals surface area (Å²) in [4.78, 5) is 31.0. The van der Waals surface area contributed by atoms with E-state index in [1.807, 2.05) is 35.8 Å². The fraction of sp³-hybridized carbons (Fsp3) is 0.190. The van der Waals surface area contributed by atoms with Gasteiger partial charge in [-0.2, -0.15) is 5.10 Å². The predicted molar refractivity (Wildman–Crippen MR) is 110 cm³/mol. The largest absolute Gasteiger partial charge is 0.409 e. The number of fused-ring (bicyclic) bond motifs is 2. The molecule has 11 nitrogen and oxygen atoms in total. The molecule has 1 unspecified atom stereocenters. The van der Waals surface area contributed by atoms with Gasteiger partial charge in [0.05, 0.1) is 23.2 Å². The van der Waals surface area contributed by atoms with Gasteiger partial charge in [-0.3, -0.25) is 4.79 Å². The highest BCUT2D eigenvalue weighted by Gasteiger charge is 2.38. The Balaban J connectivity index is 1.41. The molecule has 6 rings (SSSR count). The molecule has 6 heterocycles. The van der Waals surface area contributed by atoms with Crippen molar-refractivity contribution in [3.05, 3.63) is 77.7 Å². The van der Waals surface area contributed by atoms with E-state index in [4.69, 9.17) is 9.52 Å². The van der Waals surface area contributed by atoms with Gasteiger partial charge in [0.1, 0.15) is 6.04 Å². The van der Waals surface area contributed by atoms with Gasteiger partial charge in [-0.05, 0) is 30.7 Å². The maximum atomic E-state index is 13.5. The molecule has 1 aliphatic rings. The summed E-state index contributed by atoms with van der Waals surface area (Å²) in [7, 11) is 0. The number of carbonyl (C=O) groups is 1. The van der Waals surface area contributed by atoms with E-state index in [0.29, 0.717) is 18.7 Å². The first-order valence-corrected chi connectivity index (χ1v) is 10.1. The molecule has 32 heavy (non-hydrogen) atoms. The first-order chi connectivity index (χ1) is 15.7. The maximum Gasteiger partial charge on any atom is 0.312 e. The summed E-state index contributed by atoms with van der Waals surface area (Å²) in [5.74, 6) is -0.172. The lowest BCUT2D eigenvalue weighted by Gasteiger charge is -2.32. The molecular formula is C21H17N9O2. The predicted octanol–water partition coefficient (Wildman–Crippen LogP) is 1.99. The minimum Gasteiger partial charge on any atom is -0.409 e. The summed E-state index contributed by atoms with van der Waals surface area (Å²) in [5.41, 5.74) is 4.52. The summed E-state index contributed by atoms with van der Waals surface area (Å²) >= 11 is 0. The van der Waals surface area contributed by atoms with Crippen molar-refractivity contribution in [2.24, 2.45) is 0 Å².